The van der Waals surface area contributed by atoms with Gasteiger partial charge in [-0.3, -0.25) is 4.79 Å². The zero-order chi connectivity index (χ0) is 20.5. The van der Waals surface area contributed by atoms with Crippen LogP contribution in [-0.2, 0) is 0 Å². The number of carbonyl (C=O) groups is 1. The molecule has 0 radical (unpaired) electrons. The lowest BCUT2D eigenvalue weighted by molar-refractivity contribution is 0.112. The zero-order valence-electron chi connectivity index (χ0n) is 16.6. The Morgan fingerprint density at radius 1 is 1.03 bits per heavy atom. The van der Waals surface area contributed by atoms with E-state index in [4.69, 9.17) is 4.98 Å². The lowest BCUT2D eigenvalue weighted by atomic mass is 10.2. The van der Waals surface area contributed by atoms with Gasteiger partial charge in [0, 0.05) is 49.1 Å². The Hall–Kier alpha value is -3.23. The molecule has 0 spiro atoms. The fraction of sp³-hybridized carbons (Fsp3) is 0.227. The van der Waals surface area contributed by atoms with Gasteiger partial charge >= 0.3 is 0 Å². The van der Waals surface area contributed by atoms with Gasteiger partial charge in [0.15, 0.2) is 6.29 Å². The van der Waals surface area contributed by atoms with Crippen LogP contribution in [0.5, 0.6) is 0 Å². The third-order valence-corrected chi connectivity index (χ3v) is 6.40. The summed E-state index contributed by atoms with van der Waals surface area (Å²) in [6.45, 7) is 4.26. The number of nitrogens with one attached hydrogen (secondary N) is 2. The Morgan fingerprint density at radius 2 is 1.83 bits per heavy atom. The molecule has 0 amide bonds. The van der Waals surface area contributed by atoms with Gasteiger partial charge in [0.2, 0.25) is 5.95 Å². The summed E-state index contributed by atoms with van der Waals surface area (Å²) in [6, 6.07) is 14.1. The lowest BCUT2D eigenvalue weighted by Gasteiger charge is -2.34. The summed E-state index contributed by atoms with van der Waals surface area (Å²) >= 11 is 1.43. The summed E-state index contributed by atoms with van der Waals surface area (Å²) in [5.41, 5.74) is 3.74. The van der Waals surface area contributed by atoms with Crippen molar-refractivity contribution in [3.8, 4) is 10.6 Å². The molecule has 8 heteroatoms. The van der Waals surface area contributed by atoms with Crippen molar-refractivity contribution in [3.63, 3.8) is 0 Å². The second-order valence-electron chi connectivity index (χ2n) is 7.42. The minimum Gasteiger partial charge on any atom is -0.369 e. The molecule has 2 N–H and O–H groups in total. The highest BCUT2D eigenvalue weighted by molar-refractivity contribution is 7.17. The van der Waals surface area contributed by atoms with E-state index < -0.39 is 0 Å². The first-order valence-corrected chi connectivity index (χ1v) is 10.7. The molecule has 0 atom stereocenters. The Bertz CT molecular complexity index is 1170. The van der Waals surface area contributed by atoms with Gasteiger partial charge in [-0.2, -0.15) is 4.98 Å². The van der Waals surface area contributed by atoms with E-state index in [2.05, 4.69) is 56.4 Å². The molecule has 30 heavy (non-hydrogen) atoms. The molecule has 1 saturated heterocycles. The smallest absolute Gasteiger partial charge is 0.229 e. The van der Waals surface area contributed by atoms with Crippen LogP contribution in [-0.4, -0.2) is 59.4 Å². The van der Waals surface area contributed by atoms with Crippen LogP contribution in [0.4, 0.5) is 17.3 Å². The number of aromatic nitrogens is 3. The average molecular weight is 419 g/mol. The van der Waals surface area contributed by atoms with Crippen molar-refractivity contribution < 1.29 is 4.79 Å². The van der Waals surface area contributed by atoms with Crippen molar-refractivity contribution >= 4 is 46.0 Å². The van der Waals surface area contributed by atoms with Gasteiger partial charge in [-0.1, -0.05) is 0 Å². The molecule has 0 bridgehead atoms. The number of benzene rings is 1. The summed E-state index contributed by atoms with van der Waals surface area (Å²) < 4.78 is 0. The number of hydrogen-bond donors (Lipinski definition) is 2. The van der Waals surface area contributed by atoms with E-state index in [9.17, 15) is 4.79 Å². The third-order valence-electron chi connectivity index (χ3n) is 5.38. The molecular formula is C22H22N6OS. The van der Waals surface area contributed by atoms with E-state index in [1.54, 1.807) is 0 Å². The standard InChI is InChI=1S/C22H22N6OS/c1-27-10-12-28(13-11-27)16-4-2-15(3-5-16)24-22-25-20(18-8-9-23-21(18)26-22)19-7-6-17(14-29)30-19/h2-9,14H,10-13H2,1H3,(H2,23,24,25,26). The van der Waals surface area contributed by atoms with E-state index in [1.807, 2.05) is 24.4 Å². The fourth-order valence-electron chi connectivity index (χ4n) is 3.68. The SMILES string of the molecule is CN1CCN(c2ccc(Nc3nc(-c4ccc(C=O)s4)c4cc[nH]c4n3)cc2)CC1. The molecule has 4 heterocycles. The van der Waals surface area contributed by atoms with Crippen molar-refractivity contribution in [2.45, 2.75) is 0 Å². The molecule has 1 fully saturated rings. The van der Waals surface area contributed by atoms with Crippen molar-refractivity contribution in [1.29, 1.82) is 0 Å². The molecule has 0 unspecified atom stereocenters. The van der Waals surface area contributed by atoms with Gasteiger partial charge in [0.1, 0.15) is 5.65 Å². The maximum atomic E-state index is 11.1. The van der Waals surface area contributed by atoms with E-state index in [-0.39, 0.29) is 0 Å². The van der Waals surface area contributed by atoms with Gasteiger partial charge in [-0.05, 0) is 49.5 Å². The molecule has 5 rings (SSSR count). The molecule has 152 valence electrons. The van der Waals surface area contributed by atoms with Crippen molar-refractivity contribution in [3.05, 3.63) is 53.5 Å². The van der Waals surface area contributed by atoms with Gasteiger partial charge in [0.05, 0.1) is 15.4 Å². The summed E-state index contributed by atoms with van der Waals surface area (Å²) in [5.74, 6) is 0.522. The predicted molar refractivity (Wildman–Crippen MR) is 122 cm³/mol. The normalized spacial score (nSPS) is 14.9. The van der Waals surface area contributed by atoms with Gasteiger partial charge in [0.25, 0.3) is 0 Å². The molecular weight excluding hydrogens is 396 g/mol. The molecule has 1 aliphatic rings. The number of aromatic amines is 1. The van der Waals surface area contributed by atoms with Crippen LogP contribution in [0.2, 0.25) is 0 Å². The van der Waals surface area contributed by atoms with Crippen LogP contribution < -0.4 is 10.2 Å². The highest BCUT2D eigenvalue weighted by Gasteiger charge is 2.15. The largest absolute Gasteiger partial charge is 0.369 e. The number of hydrogen-bond acceptors (Lipinski definition) is 7. The number of anilines is 3. The van der Waals surface area contributed by atoms with E-state index >= 15 is 0 Å². The Balaban J connectivity index is 1.41. The number of rotatable bonds is 5. The number of likely N-dealkylation sites (N-methyl/N-ethyl adjacent to an activating group) is 1. The van der Waals surface area contributed by atoms with E-state index in [0.29, 0.717) is 10.8 Å². The van der Waals surface area contributed by atoms with E-state index in [1.165, 1.54) is 17.0 Å². The summed E-state index contributed by atoms with van der Waals surface area (Å²) in [6.07, 6.45) is 2.72. The molecule has 3 aromatic heterocycles. The predicted octanol–water partition coefficient (Wildman–Crippen LogP) is 3.99. The number of piperazine rings is 1. The van der Waals surface area contributed by atoms with Crippen LogP contribution in [0.1, 0.15) is 9.67 Å². The number of carbonyl (C=O) groups excluding carboxylic acids is 1. The topological polar surface area (TPSA) is 77.1 Å². The van der Waals surface area contributed by atoms with Crippen molar-refractivity contribution in [2.24, 2.45) is 0 Å². The van der Waals surface area contributed by atoms with E-state index in [0.717, 1.165) is 59.8 Å². The molecule has 0 saturated carbocycles. The summed E-state index contributed by atoms with van der Waals surface area (Å²) in [4.78, 5) is 30.0. The molecule has 4 aromatic rings. The molecule has 7 nitrogen and oxygen atoms in total. The van der Waals surface area contributed by atoms with Crippen LogP contribution >= 0.6 is 11.3 Å². The summed E-state index contributed by atoms with van der Waals surface area (Å²) in [5, 5.41) is 4.26. The minimum absolute atomic E-state index is 0.522. The second kappa shape index (κ2) is 7.89. The monoisotopic (exact) mass is 418 g/mol. The molecule has 0 aliphatic carbocycles. The second-order valence-corrected chi connectivity index (χ2v) is 8.53. The van der Waals surface area contributed by atoms with Crippen LogP contribution in [0.25, 0.3) is 21.6 Å². The third kappa shape index (κ3) is 3.67. The maximum absolute atomic E-state index is 11.1. The fourth-order valence-corrected chi connectivity index (χ4v) is 4.50. The van der Waals surface area contributed by atoms with Gasteiger partial charge in [-0.15, -0.1) is 11.3 Å². The Labute approximate surface area is 178 Å². The Kier molecular flexibility index (Phi) is 4.94. The molecule has 1 aromatic carbocycles. The van der Waals surface area contributed by atoms with Crippen LogP contribution in [0.15, 0.2) is 48.7 Å². The highest BCUT2D eigenvalue weighted by atomic mass is 32.1. The minimum atomic E-state index is 0.522. The average Bonchev–Trinajstić information content (AvgIpc) is 3.44. The van der Waals surface area contributed by atoms with Crippen molar-refractivity contribution in [2.75, 3.05) is 43.4 Å². The highest BCUT2D eigenvalue weighted by Crippen LogP contribution is 2.32. The first-order valence-electron chi connectivity index (χ1n) is 9.91. The van der Waals surface area contributed by atoms with Gasteiger partial charge < -0.3 is 20.1 Å². The van der Waals surface area contributed by atoms with Crippen molar-refractivity contribution in [1.82, 2.24) is 19.9 Å². The quantitative estimate of drug-likeness (QED) is 0.477. The number of nitrogens with zero attached hydrogens (tertiary/aromatic N) is 4. The number of H-pyrrole nitrogens is 1. The lowest BCUT2D eigenvalue weighted by Crippen LogP contribution is -2.44. The zero-order valence-corrected chi connectivity index (χ0v) is 17.4. The first kappa shape index (κ1) is 18.8. The van der Waals surface area contributed by atoms with Gasteiger partial charge in [-0.25, -0.2) is 4.98 Å². The first-order chi connectivity index (χ1) is 14.7. The summed E-state index contributed by atoms with van der Waals surface area (Å²) in [7, 11) is 2.16. The molecule has 1 aliphatic heterocycles. The number of thiophene rings is 1. The Morgan fingerprint density at radius 3 is 2.57 bits per heavy atom. The van der Waals surface area contributed by atoms with Crippen LogP contribution in [0.3, 0.4) is 0 Å². The maximum Gasteiger partial charge on any atom is 0.229 e. The number of aldehydes is 1. The number of fused-ring (bicyclic) bond motifs is 1. The van der Waals surface area contributed by atoms with Crippen LogP contribution in [0, 0.1) is 0 Å².